The van der Waals surface area contributed by atoms with E-state index in [-0.39, 0.29) is 27.5 Å². The maximum absolute atomic E-state index is 11.7. The van der Waals surface area contributed by atoms with Gasteiger partial charge in [-0.2, -0.15) is 0 Å². The number of halogens is 2. The van der Waals surface area contributed by atoms with Crippen molar-refractivity contribution in [2.24, 2.45) is 0 Å². The van der Waals surface area contributed by atoms with E-state index in [1.807, 2.05) is 0 Å². The number of rotatable bonds is 6. The number of carbonyl (C=O) groups is 2. The predicted molar refractivity (Wildman–Crippen MR) is 95.6 cm³/mol. The number of nitrogens with one attached hydrogen (secondary N) is 1. The van der Waals surface area contributed by atoms with Crippen LogP contribution >= 0.6 is 35.0 Å². The summed E-state index contributed by atoms with van der Waals surface area (Å²) in [5.74, 6) is -0.871. The Morgan fingerprint density at radius 3 is 2.75 bits per heavy atom. The number of amides is 1. The van der Waals surface area contributed by atoms with Crippen molar-refractivity contribution in [3.8, 4) is 0 Å². The molecule has 1 fully saturated rings. The van der Waals surface area contributed by atoms with Crippen LogP contribution in [0.1, 0.15) is 6.42 Å². The van der Waals surface area contributed by atoms with Crippen LogP contribution in [0.4, 0.5) is 5.69 Å². The molecule has 1 aliphatic heterocycles. The lowest BCUT2D eigenvalue weighted by atomic mass is 10.3. The molecule has 1 amide bonds. The lowest BCUT2D eigenvalue weighted by molar-refractivity contribution is -0.144. The number of anilines is 1. The van der Waals surface area contributed by atoms with E-state index in [0.717, 1.165) is 0 Å². The van der Waals surface area contributed by atoms with Gasteiger partial charge in [0.2, 0.25) is 0 Å². The second kappa shape index (κ2) is 8.42. The first kappa shape index (κ1) is 19.4. The van der Waals surface area contributed by atoms with Gasteiger partial charge in [0.1, 0.15) is 0 Å². The van der Waals surface area contributed by atoms with Crippen LogP contribution in [0.25, 0.3) is 0 Å². The molecular weight excluding hydrogens is 397 g/mol. The van der Waals surface area contributed by atoms with E-state index in [9.17, 15) is 18.0 Å². The summed E-state index contributed by atoms with van der Waals surface area (Å²) in [4.78, 5) is 23.4. The monoisotopic (exact) mass is 411 g/mol. The molecule has 0 bridgehead atoms. The SMILES string of the molecule is O=C(COC(=O)CS[C@@H]1CCS(=O)(=O)C1)Nc1cccc(Cl)c1Cl. The smallest absolute Gasteiger partial charge is 0.316 e. The summed E-state index contributed by atoms with van der Waals surface area (Å²) in [6.07, 6.45) is 0.536. The Bertz CT molecular complexity index is 739. The van der Waals surface area contributed by atoms with E-state index >= 15 is 0 Å². The molecule has 0 unspecified atom stereocenters. The summed E-state index contributed by atoms with van der Waals surface area (Å²) in [6.45, 7) is -0.453. The minimum atomic E-state index is -2.97. The van der Waals surface area contributed by atoms with Crippen LogP contribution in [0, 0.1) is 0 Å². The number of sulfone groups is 1. The molecule has 10 heteroatoms. The van der Waals surface area contributed by atoms with Crippen molar-refractivity contribution in [1.82, 2.24) is 0 Å². The molecule has 2 rings (SSSR count). The lowest BCUT2D eigenvalue weighted by Crippen LogP contribution is -2.22. The van der Waals surface area contributed by atoms with Crippen LogP contribution in [-0.2, 0) is 24.2 Å². The molecule has 1 heterocycles. The van der Waals surface area contributed by atoms with E-state index in [0.29, 0.717) is 17.1 Å². The minimum absolute atomic E-state index is 0.00535. The van der Waals surface area contributed by atoms with E-state index in [1.54, 1.807) is 18.2 Å². The third-order valence-electron chi connectivity index (χ3n) is 3.22. The van der Waals surface area contributed by atoms with Crippen LogP contribution < -0.4 is 5.32 Å². The highest BCUT2D eigenvalue weighted by Gasteiger charge is 2.28. The van der Waals surface area contributed by atoms with Gasteiger partial charge in [-0.1, -0.05) is 29.3 Å². The Hall–Kier alpha value is -0.960. The van der Waals surface area contributed by atoms with Crippen LogP contribution in [0.5, 0.6) is 0 Å². The molecule has 1 saturated heterocycles. The number of carbonyl (C=O) groups excluding carboxylic acids is 2. The first-order valence-corrected chi connectivity index (χ1v) is 10.6. The Balaban J connectivity index is 1.71. The highest BCUT2D eigenvalue weighted by atomic mass is 35.5. The molecule has 1 aliphatic rings. The van der Waals surface area contributed by atoms with Gasteiger partial charge < -0.3 is 10.1 Å². The topological polar surface area (TPSA) is 89.5 Å². The fourth-order valence-electron chi connectivity index (χ4n) is 2.05. The quantitative estimate of drug-likeness (QED) is 0.722. The molecule has 1 aromatic carbocycles. The number of hydrogen-bond donors (Lipinski definition) is 1. The van der Waals surface area contributed by atoms with Crippen molar-refractivity contribution in [3.05, 3.63) is 28.2 Å². The van der Waals surface area contributed by atoms with E-state index in [1.165, 1.54) is 11.8 Å². The van der Waals surface area contributed by atoms with Gasteiger partial charge in [-0.25, -0.2) is 8.42 Å². The molecular formula is C14H15Cl2NO5S2. The lowest BCUT2D eigenvalue weighted by Gasteiger charge is -2.09. The highest BCUT2D eigenvalue weighted by molar-refractivity contribution is 8.02. The zero-order valence-electron chi connectivity index (χ0n) is 12.5. The van der Waals surface area contributed by atoms with Gasteiger partial charge in [0.05, 0.1) is 33.0 Å². The summed E-state index contributed by atoms with van der Waals surface area (Å²) in [7, 11) is -2.97. The zero-order valence-corrected chi connectivity index (χ0v) is 15.6. The second-order valence-corrected chi connectivity index (χ2v) is 9.45. The van der Waals surface area contributed by atoms with Gasteiger partial charge in [0.15, 0.2) is 16.4 Å². The molecule has 1 aromatic rings. The van der Waals surface area contributed by atoms with E-state index in [2.05, 4.69) is 5.32 Å². The van der Waals surface area contributed by atoms with Crippen molar-refractivity contribution in [2.75, 3.05) is 29.2 Å². The molecule has 0 spiro atoms. The van der Waals surface area contributed by atoms with Gasteiger partial charge in [-0.15, -0.1) is 11.8 Å². The molecule has 24 heavy (non-hydrogen) atoms. The van der Waals surface area contributed by atoms with Crippen molar-refractivity contribution in [3.63, 3.8) is 0 Å². The summed E-state index contributed by atoms with van der Waals surface area (Å²) in [6, 6.07) is 4.78. The summed E-state index contributed by atoms with van der Waals surface area (Å²) >= 11 is 13.0. The zero-order chi connectivity index (χ0) is 17.7. The molecule has 0 radical (unpaired) electrons. The molecule has 0 aromatic heterocycles. The van der Waals surface area contributed by atoms with Crippen molar-refractivity contribution >= 4 is 62.4 Å². The molecule has 6 nitrogen and oxygen atoms in total. The van der Waals surface area contributed by atoms with Gasteiger partial charge in [-0.05, 0) is 18.6 Å². The average Bonchev–Trinajstić information content (AvgIpc) is 2.87. The molecule has 1 atom stereocenters. The largest absolute Gasteiger partial charge is 0.455 e. The molecule has 132 valence electrons. The van der Waals surface area contributed by atoms with E-state index < -0.39 is 28.3 Å². The number of hydrogen-bond acceptors (Lipinski definition) is 6. The van der Waals surface area contributed by atoms with Gasteiger partial charge in [0.25, 0.3) is 5.91 Å². The summed E-state index contributed by atoms with van der Waals surface area (Å²) < 4.78 is 27.5. The second-order valence-electron chi connectivity index (χ2n) is 5.15. The van der Waals surface area contributed by atoms with Gasteiger partial charge >= 0.3 is 5.97 Å². The van der Waals surface area contributed by atoms with Crippen LogP contribution in [0.2, 0.25) is 10.0 Å². The Morgan fingerprint density at radius 2 is 2.08 bits per heavy atom. The third kappa shape index (κ3) is 5.84. The Labute approximate surface area is 154 Å². The number of thioether (sulfide) groups is 1. The number of esters is 1. The first-order valence-electron chi connectivity index (χ1n) is 6.98. The van der Waals surface area contributed by atoms with Crippen molar-refractivity contribution in [1.29, 1.82) is 0 Å². The molecule has 0 aliphatic carbocycles. The van der Waals surface area contributed by atoms with Crippen LogP contribution in [0.15, 0.2) is 18.2 Å². The standard InChI is InChI=1S/C14H15Cl2NO5S2/c15-10-2-1-3-11(14(10)16)17-12(18)6-22-13(19)7-23-9-4-5-24(20,21)8-9/h1-3,9H,4-8H2,(H,17,18)/t9-/m1/s1. The molecule has 0 saturated carbocycles. The normalized spacial score (nSPS) is 19.0. The number of ether oxygens (including phenoxy) is 1. The average molecular weight is 412 g/mol. The van der Waals surface area contributed by atoms with Gasteiger partial charge in [0, 0.05) is 5.25 Å². The maximum Gasteiger partial charge on any atom is 0.316 e. The van der Waals surface area contributed by atoms with Crippen LogP contribution in [-0.4, -0.2) is 49.4 Å². The highest BCUT2D eigenvalue weighted by Crippen LogP contribution is 2.29. The van der Waals surface area contributed by atoms with Crippen molar-refractivity contribution < 1.29 is 22.7 Å². The predicted octanol–water partition coefficient (Wildman–Crippen LogP) is 2.40. The fraction of sp³-hybridized carbons (Fsp3) is 0.429. The van der Waals surface area contributed by atoms with Crippen molar-refractivity contribution in [2.45, 2.75) is 11.7 Å². The first-order chi connectivity index (χ1) is 11.3. The van der Waals surface area contributed by atoms with Crippen LogP contribution in [0.3, 0.4) is 0 Å². The third-order valence-corrected chi connectivity index (χ3v) is 7.29. The summed E-state index contributed by atoms with van der Waals surface area (Å²) in [5, 5.41) is 2.91. The minimum Gasteiger partial charge on any atom is -0.455 e. The Morgan fingerprint density at radius 1 is 1.33 bits per heavy atom. The Kier molecular flexibility index (Phi) is 6.79. The summed E-state index contributed by atoms with van der Waals surface area (Å²) in [5.41, 5.74) is 0.329. The fourth-order valence-corrected chi connectivity index (χ4v) is 5.84. The maximum atomic E-state index is 11.7. The van der Waals surface area contributed by atoms with E-state index in [4.69, 9.17) is 27.9 Å². The van der Waals surface area contributed by atoms with Gasteiger partial charge in [-0.3, -0.25) is 9.59 Å². The number of benzene rings is 1. The molecule has 1 N–H and O–H groups in total.